The largest absolute Gasteiger partial charge is 0.382 e. The lowest BCUT2D eigenvalue weighted by Crippen LogP contribution is -2.25. The number of aromatic nitrogens is 4. The summed E-state index contributed by atoms with van der Waals surface area (Å²) in [6.07, 6.45) is 4.96. The molecule has 0 saturated heterocycles. The summed E-state index contributed by atoms with van der Waals surface area (Å²) in [6.45, 7) is 0.977. The van der Waals surface area contributed by atoms with Crippen LogP contribution in [-0.4, -0.2) is 30.7 Å². The van der Waals surface area contributed by atoms with Crippen LogP contribution in [0.1, 0.15) is 21.6 Å². The van der Waals surface area contributed by atoms with Crippen LogP contribution in [0.5, 0.6) is 0 Å². The van der Waals surface area contributed by atoms with Crippen molar-refractivity contribution in [1.29, 1.82) is 0 Å². The van der Waals surface area contributed by atoms with E-state index in [9.17, 15) is 4.79 Å². The molecule has 7 nitrogen and oxygen atoms in total. The third-order valence-electron chi connectivity index (χ3n) is 5.06. The van der Waals surface area contributed by atoms with Gasteiger partial charge in [-0.3, -0.25) is 9.78 Å². The zero-order valence-corrected chi connectivity index (χ0v) is 16.1. The number of nitrogens with two attached hydrogens (primary N) is 1. The molecule has 0 radical (unpaired) electrons. The number of fused-ring (bicyclic) bond motifs is 1. The molecule has 0 unspecified atom stereocenters. The summed E-state index contributed by atoms with van der Waals surface area (Å²) in [7, 11) is 0. The fourth-order valence-electron chi connectivity index (χ4n) is 3.51. The Morgan fingerprint density at radius 2 is 1.67 bits per heavy atom. The highest BCUT2D eigenvalue weighted by molar-refractivity contribution is 5.95. The number of hydrogen-bond acceptors (Lipinski definition) is 6. The summed E-state index contributed by atoms with van der Waals surface area (Å²) in [6, 6.07) is 17.1. The smallest absolute Gasteiger partial charge is 0.254 e. The van der Waals surface area contributed by atoms with Crippen molar-refractivity contribution in [3.05, 3.63) is 90.0 Å². The van der Waals surface area contributed by atoms with Gasteiger partial charge < -0.3 is 10.6 Å². The summed E-state index contributed by atoms with van der Waals surface area (Å²) in [5, 5.41) is 0. The van der Waals surface area contributed by atoms with Crippen molar-refractivity contribution in [2.24, 2.45) is 0 Å². The lowest BCUT2D eigenvalue weighted by Gasteiger charge is -2.15. The van der Waals surface area contributed by atoms with Crippen LogP contribution in [0.2, 0.25) is 0 Å². The minimum absolute atomic E-state index is 0.0422. The normalized spacial score (nSPS) is 12.6. The minimum Gasteiger partial charge on any atom is -0.382 e. The zero-order valence-electron chi connectivity index (χ0n) is 16.1. The Kier molecular flexibility index (Phi) is 4.40. The van der Waals surface area contributed by atoms with E-state index >= 15 is 0 Å². The van der Waals surface area contributed by atoms with Gasteiger partial charge >= 0.3 is 0 Å². The second kappa shape index (κ2) is 7.36. The highest BCUT2D eigenvalue weighted by Crippen LogP contribution is 2.26. The van der Waals surface area contributed by atoms with Crippen molar-refractivity contribution in [3.8, 4) is 22.6 Å². The van der Waals surface area contributed by atoms with Gasteiger partial charge in [-0.15, -0.1) is 0 Å². The first-order valence-electron chi connectivity index (χ1n) is 9.55. The molecule has 0 aliphatic carbocycles. The number of amides is 1. The van der Waals surface area contributed by atoms with E-state index in [1.54, 1.807) is 23.2 Å². The first-order valence-corrected chi connectivity index (χ1v) is 9.55. The van der Waals surface area contributed by atoms with E-state index in [1.807, 2.05) is 48.7 Å². The van der Waals surface area contributed by atoms with E-state index in [2.05, 4.69) is 19.9 Å². The molecular formula is C23H18N6O. The Labute approximate surface area is 173 Å². The summed E-state index contributed by atoms with van der Waals surface area (Å²) < 4.78 is 0. The summed E-state index contributed by atoms with van der Waals surface area (Å²) >= 11 is 0. The van der Waals surface area contributed by atoms with Gasteiger partial charge in [0.25, 0.3) is 5.91 Å². The number of anilines is 1. The number of nitrogen functional groups attached to an aromatic ring is 1. The molecule has 0 bridgehead atoms. The van der Waals surface area contributed by atoms with E-state index in [0.717, 1.165) is 22.4 Å². The minimum atomic E-state index is -0.0422. The van der Waals surface area contributed by atoms with Crippen molar-refractivity contribution in [3.63, 3.8) is 0 Å². The van der Waals surface area contributed by atoms with Gasteiger partial charge in [-0.1, -0.05) is 42.5 Å². The third kappa shape index (κ3) is 3.37. The fourth-order valence-corrected chi connectivity index (χ4v) is 3.51. The summed E-state index contributed by atoms with van der Waals surface area (Å²) in [5.74, 6) is 0.995. The zero-order chi connectivity index (χ0) is 20.5. The van der Waals surface area contributed by atoms with Crippen LogP contribution in [-0.2, 0) is 13.1 Å². The van der Waals surface area contributed by atoms with Gasteiger partial charge in [0.2, 0.25) is 0 Å². The molecule has 30 heavy (non-hydrogen) atoms. The Hall–Kier alpha value is -4.13. The molecule has 1 aliphatic heterocycles. The van der Waals surface area contributed by atoms with Crippen LogP contribution < -0.4 is 5.73 Å². The lowest BCUT2D eigenvalue weighted by atomic mass is 10.1. The predicted molar refractivity (Wildman–Crippen MR) is 113 cm³/mol. The molecule has 0 spiro atoms. The Morgan fingerprint density at radius 3 is 2.43 bits per heavy atom. The molecule has 0 atom stereocenters. The molecule has 7 heteroatoms. The molecule has 4 aromatic rings. The molecule has 5 rings (SSSR count). The first-order chi connectivity index (χ1) is 14.7. The van der Waals surface area contributed by atoms with Crippen LogP contribution in [0.4, 0.5) is 5.82 Å². The van der Waals surface area contributed by atoms with Crippen LogP contribution >= 0.6 is 0 Å². The molecule has 0 saturated carbocycles. The van der Waals surface area contributed by atoms with E-state index in [0.29, 0.717) is 36.0 Å². The molecule has 2 N–H and O–H groups in total. The Morgan fingerprint density at radius 1 is 0.867 bits per heavy atom. The standard InChI is InChI=1S/C23H18N6O/c24-21-12-25-11-19(27-21)15-6-8-17(9-7-15)23(30)29-13-18-10-26-22(28-20(18)14-29)16-4-2-1-3-5-16/h1-12H,13-14H2,(H2,24,27). The number of carbonyl (C=O) groups excluding carboxylic acids is 1. The summed E-state index contributed by atoms with van der Waals surface area (Å²) in [5.41, 5.74) is 10.7. The molecule has 146 valence electrons. The molecule has 3 heterocycles. The van der Waals surface area contributed by atoms with Crippen molar-refractivity contribution in [1.82, 2.24) is 24.8 Å². The first kappa shape index (κ1) is 17.9. The van der Waals surface area contributed by atoms with Gasteiger partial charge in [0.05, 0.1) is 30.3 Å². The second-order valence-corrected chi connectivity index (χ2v) is 7.10. The van der Waals surface area contributed by atoms with Crippen LogP contribution in [0.3, 0.4) is 0 Å². The highest BCUT2D eigenvalue weighted by Gasteiger charge is 2.26. The van der Waals surface area contributed by atoms with Crippen molar-refractivity contribution < 1.29 is 4.79 Å². The predicted octanol–water partition coefficient (Wildman–Crippen LogP) is 3.34. The fraction of sp³-hybridized carbons (Fsp3) is 0.0870. The molecular weight excluding hydrogens is 376 g/mol. The maximum Gasteiger partial charge on any atom is 0.254 e. The third-order valence-corrected chi connectivity index (χ3v) is 5.06. The Bertz CT molecular complexity index is 1220. The molecule has 1 aliphatic rings. The summed E-state index contributed by atoms with van der Waals surface area (Å²) in [4.78, 5) is 32.2. The van der Waals surface area contributed by atoms with E-state index in [1.165, 1.54) is 6.20 Å². The van der Waals surface area contributed by atoms with Crippen molar-refractivity contribution >= 4 is 11.7 Å². The molecule has 2 aromatic heterocycles. The number of rotatable bonds is 3. The van der Waals surface area contributed by atoms with Gasteiger partial charge in [-0.25, -0.2) is 15.0 Å². The molecule has 0 fully saturated rings. The van der Waals surface area contributed by atoms with E-state index in [4.69, 9.17) is 5.73 Å². The van der Waals surface area contributed by atoms with Crippen molar-refractivity contribution in [2.75, 3.05) is 5.73 Å². The molecule has 2 aromatic carbocycles. The van der Waals surface area contributed by atoms with Gasteiger partial charge in [-0.05, 0) is 12.1 Å². The van der Waals surface area contributed by atoms with Crippen molar-refractivity contribution in [2.45, 2.75) is 13.1 Å². The van der Waals surface area contributed by atoms with Crippen LogP contribution in [0.15, 0.2) is 73.2 Å². The maximum atomic E-state index is 13.0. The van der Waals surface area contributed by atoms with Gasteiger partial charge in [-0.2, -0.15) is 0 Å². The van der Waals surface area contributed by atoms with Gasteiger partial charge in [0.1, 0.15) is 5.82 Å². The van der Waals surface area contributed by atoms with E-state index < -0.39 is 0 Å². The lowest BCUT2D eigenvalue weighted by molar-refractivity contribution is 0.0750. The monoisotopic (exact) mass is 394 g/mol. The SMILES string of the molecule is Nc1cncc(-c2ccc(C(=O)N3Cc4cnc(-c5ccccc5)nc4C3)cc2)n1. The van der Waals surface area contributed by atoms with Gasteiger partial charge in [0.15, 0.2) is 5.82 Å². The van der Waals surface area contributed by atoms with Crippen LogP contribution in [0, 0.1) is 0 Å². The van der Waals surface area contributed by atoms with Gasteiger partial charge in [0, 0.05) is 35.0 Å². The molecule has 1 amide bonds. The van der Waals surface area contributed by atoms with E-state index in [-0.39, 0.29) is 5.91 Å². The number of hydrogen-bond donors (Lipinski definition) is 1. The Balaban J connectivity index is 1.34. The second-order valence-electron chi connectivity index (χ2n) is 7.10. The average Bonchev–Trinajstić information content (AvgIpc) is 3.23. The average molecular weight is 394 g/mol. The number of carbonyl (C=O) groups is 1. The topological polar surface area (TPSA) is 97.9 Å². The maximum absolute atomic E-state index is 13.0. The quantitative estimate of drug-likeness (QED) is 0.572. The van der Waals surface area contributed by atoms with Crippen LogP contribution in [0.25, 0.3) is 22.6 Å². The number of benzene rings is 2. The highest BCUT2D eigenvalue weighted by atomic mass is 16.2. The number of nitrogens with zero attached hydrogens (tertiary/aromatic N) is 5.